The number of nitrogens with zero attached hydrogens (tertiary/aromatic N) is 3. The zero-order chi connectivity index (χ0) is 49.1. The molecule has 1 aromatic carbocycles. The first kappa shape index (κ1) is 51.9. The number of hydrogen-bond acceptors (Lipinski definition) is 13. The van der Waals surface area contributed by atoms with E-state index in [-0.39, 0.29) is 65.9 Å². The van der Waals surface area contributed by atoms with Gasteiger partial charge in [-0.1, -0.05) is 56.2 Å². The van der Waals surface area contributed by atoms with Gasteiger partial charge < -0.3 is 33.9 Å². The first-order valence-electron chi connectivity index (χ1n) is 23.4. The molecule has 5 amide bonds. The van der Waals surface area contributed by atoms with Gasteiger partial charge in [0.05, 0.1) is 30.6 Å². The number of Topliss-reactive ketones (excluding diaryl/α,β-unsaturated/α-hetero) is 1. The normalized spacial score (nSPS) is 33.1. The van der Waals surface area contributed by atoms with E-state index >= 15 is 0 Å². The van der Waals surface area contributed by atoms with Crippen LogP contribution in [0.15, 0.2) is 35.9 Å². The second kappa shape index (κ2) is 21.5. The summed E-state index contributed by atoms with van der Waals surface area (Å²) in [5.41, 5.74) is -0.787. The van der Waals surface area contributed by atoms with Crippen molar-refractivity contribution in [2.75, 3.05) is 38.4 Å². The molecule has 1 aliphatic carbocycles. The highest BCUT2D eigenvalue weighted by atomic mass is 35.5. The van der Waals surface area contributed by atoms with E-state index in [0.29, 0.717) is 30.8 Å². The summed E-state index contributed by atoms with van der Waals surface area (Å²) in [4.78, 5) is 97.2. The Kier molecular flexibility index (Phi) is 16.6. The summed E-state index contributed by atoms with van der Waals surface area (Å²) in [5, 5.41) is 14.0. The topological polar surface area (TPSA) is 202 Å². The first-order valence-corrected chi connectivity index (χ1v) is 24.8. The molecule has 1 aromatic rings. The van der Waals surface area contributed by atoms with Crippen LogP contribution in [-0.4, -0.2) is 131 Å². The summed E-state index contributed by atoms with van der Waals surface area (Å²) in [6.45, 7) is 11.0. The quantitative estimate of drug-likeness (QED) is 0.137. The van der Waals surface area contributed by atoms with Crippen molar-refractivity contribution in [2.24, 2.45) is 23.7 Å². The highest BCUT2D eigenvalue weighted by Gasteiger charge is 2.64. The number of thioether (sulfide) groups is 1. The number of imide groups is 1. The number of allylic oxidation sites excluding steroid dienone is 3. The summed E-state index contributed by atoms with van der Waals surface area (Å²) in [6, 6.07) is 2.48. The molecule has 0 spiro atoms. The van der Waals surface area contributed by atoms with Crippen LogP contribution in [0, 0.1) is 23.7 Å². The van der Waals surface area contributed by atoms with Gasteiger partial charge in [0.15, 0.2) is 0 Å². The number of ether oxygens (including phenoxy) is 4. The van der Waals surface area contributed by atoms with E-state index in [4.69, 9.17) is 30.5 Å². The van der Waals surface area contributed by atoms with Crippen LogP contribution in [0.3, 0.4) is 0 Å². The molecule has 368 valence electrons. The number of carbonyl (C=O) groups is 7. The van der Waals surface area contributed by atoms with Crippen LogP contribution >= 0.6 is 23.4 Å². The van der Waals surface area contributed by atoms with Crippen LogP contribution in [-0.2, 0) is 49.4 Å². The smallest absolute Gasteiger partial charge is 0.409 e. The number of hydrogen-bond donors (Lipinski definition) is 2. The van der Waals surface area contributed by atoms with Gasteiger partial charge >= 0.3 is 12.1 Å². The Balaban J connectivity index is 1.14. The summed E-state index contributed by atoms with van der Waals surface area (Å²) in [6.07, 6.45) is 5.86. The number of esters is 1. The first-order chi connectivity index (χ1) is 31.6. The number of nitrogens with one attached hydrogen (secondary N) is 1. The molecule has 1 saturated carbocycles. The number of ketones is 1. The molecule has 4 fully saturated rings. The van der Waals surface area contributed by atoms with Crippen molar-refractivity contribution >= 4 is 70.5 Å². The van der Waals surface area contributed by atoms with Crippen molar-refractivity contribution < 1.29 is 57.6 Å². The molecule has 9 atom stereocenters. The van der Waals surface area contributed by atoms with E-state index < -0.39 is 76.6 Å². The van der Waals surface area contributed by atoms with Crippen molar-refractivity contribution in [3.63, 3.8) is 0 Å². The summed E-state index contributed by atoms with van der Waals surface area (Å²) in [7, 11) is 4.52. The lowest BCUT2D eigenvalue weighted by Gasteiger charge is -2.41. The number of halogens is 1. The number of methoxy groups -OCH3 is 1. The van der Waals surface area contributed by atoms with E-state index in [1.54, 1.807) is 39.1 Å². The van der Waals surface area contributed by atoms with Gasteiger partial charge in [-0.3, -0.25) is 34.2 Å². The van der Waals surface area contributed by atoms with Crippen molar-refractivity contribution in [1.82, 2.24) is 15.1 Å². The second-order valence-electron chi connectivity index (χ2n) is 19.2. The summed E-state index contributed by atoms with van der Waals surface area (Å²) < 4.78 is 23.8. The number of likely N-dealkylation sites (N-methyl/N-ethyl adjacent to an activating group) is 1. The Labute approximate surface area is 402 Å². The van der Waals surface area contributed by atoms with E-state index in [0.717, 1.165) is 36.8 Å². The molecular weight excluding hydrogens is 904 g/mol. The van der Waals surface area contributed by atoms with E-state index in [2.05, 4.69) is 5.32 Å². The largest absolute Gasteiger partial charge is 0.495 e. The predicted octanol–water partition coefficient (Wildman–Crippen LogP) is 6.17. The molecule has 4 aliphatic heterocycles. The van der Waals surface area contributed by atoms with Crippen molar-refractivity contribution in [2.45, 2.75) is 147 Å². The SMILES string of the molecule is CCC(=O)C1CCC(CN2C(=O)CC(SCCC(=O)N(C)[C@@H](C)C(=O)O[C@H]3CC(=O)N(C)c4cc(cc(OC)c4Cl)C/C(C)=C/C=C/[C@@H](C)[C@@]4(O)C[C@H](OC(=O)N4)[C@@H](C)[C@@H]4O[C@@]34C)C2=O)CC1. The fraction of sp³-hybridized carbons (Fsp3) is 0.653. The molecule has 6 rings (SSSR count). The fourth-order valence-corrected chi connectivity index (χ4v) is 11.2. The van der Waals surface area contributed by atoms with Crippen LogP contribution < -0.4 is 15.0 Å². The molecule has 4 heterocycles. The average molecular weight is 972 g/mol. The number of benzene rings is 1. The molecule has 18 heteroatoms. The minimum atomic E-state index is -1.66. The van der Waals surface area contributed by atoms with Gasteiger partial charge in [0.25, 0.3) is 0 Å². The number of aliphatic hydroxyl groups is 1. The highest BCUT2D eigenvalue weighted by molar-refractivity contribution is 8.00. The van der Waals surface area contributed by atoms with Gasteiger partial charge in [0, 0.05) is 69.8 Å². The number of anilines is 1. The van der Waals surface area contributed by atoms with E-state index in [1.807, 2.05) is 32.9 Å². The lowest BCUT2D eigenvalue weighted by atomic mass is 9.79. The third-order valence-electron chi connectivity index (χ3n) is 14.6. The molecule has 0 aromatic heterocycles. The Morgan fingerprint density at radius 2 is 1.79 bits per heavy atom. The van der Waals surface area contributed by atoms with Crippen molar-refractivity contribution in [3.05, 3.63) is 46.5 Å². The van der Waals surface area contributed by atoms with Crippen LogP contribution in [0.4, 0.5) is 10.5 Å². The predicted molar refractivity (Wildman–Crippen MR) is 252 cm³/mol. The van der Waals surface area contributed by atoms with Gasteiger partial charge in [0.1, 0.15) is 46.1 Å². The van der Waals surface area contributed by atoms with Crippen LogP contribution in [0.2, 0.25) is 5.02 Å². The maximum absolute atomic E-state index is 14.3. The Morgan fingerprint density at radius 3 is 2.46 bits per heavy atom. The fourth-order valence-electron chi connectivity index (χ4n) is 9.78. The average Bonchev–Trinajstić information content (AvgIpc) is 3.92. The van der Waals surface area contributed by atoms with Crippen molar-refractivity contribution in [3.8, 4) is 5.75 Å². The van der Waals surface area contributed by atoms with Crippen LogP contribution in [0.25, 0.3) is 0 Å². The number of likely N-dealkylation sites (tertiary alicyclic amines) is 1. The third kappa shape index (κ3) is 11.7. The lowest BCUT2D eigenvalue weighted by molar-refractivity contribution is -0.162. The van der Waals surface area contributed by atoms with Gasteiger partial charge in [-0.2, -0.15) is 0 Å². The highest BCUT2D eigenvalue weighted by Crippen LogP contribution is 2.49. The third-order valence-corrected chi connectivity index (χ3v) is 16.2. The molecular formula is C49H67ClN4O12S. The standard InChI is InChI=1S/C49H67ClN4O12S/c1-10-35(55)33-16-14-31(15-17-33)26-54-42(58)23-38(45(54)59)67-19-18-40(56)52(7)30(5)46(60)65-39-24-41(57)53(8)34-21-32(22-36(63-9)43(34)50)20-27(2)12-11-13-28(3)49(62)25-37(64-47(61)51-49)29(4)44-48(39,6)66-44/h11-13,21-22,28-31,33,37-39,44,62H,10,14-20,23-26H2,1-9H3,(H,51,61)/b13-11+,27-12+/t28-,29-,30+,31?,33?,37+,38?,39+,44+,48+,49+/m1/s1. The summed E-state index contributed by atoms with van der Waals surface area (Å²) in [5.74, 6) is -2.12. The summed E-state index contributed by atoms with van der Waals surface area (Å²) >= 11 is 8.05. The minimum absolute atomic E-state index is 0.0202. The van der Waals surface area contributed by atoms with Crippen molar-refractivity contribution in [1.29, 1.82) is 0 Å². The number of fused-ring (bicyclic) bond motifs is 5. The van der Waals surface area contributed by atoms with Gasteiger partial charge in [-0.05, 0) is 76.5 Å². The molecule has 1 unspecified atom stereocenters. The number of carbonyl (C=O) groups excluding carboxylic acids is 7. The minimum Gasteiger partial charge on any atom is -0.495 e. The molecule has 67 heavy (non-hydrogen) atoms. The molecule has 2 N–H and O–H groups in total. The zero-order valence-corrected chi connectivity index (χ0v) is 41.7. The molecule has 5 aliphatic rings. The molecule has 3 saturated heterocycles. The lowest BCUT2D eigenvalue weighted by Crippen LogP contribution is -2.60. The monoisotopic (exact) mass is 970 g/mol. The second-order valence-corrected chi connectivity index (χ2v) is 20.9. The Hall–Kier alpha value is -4.45. The molecule has 0 radical (unpaired) electrons. The molecule has 16 nitrogen and oxygen atoms in total. The van der Waals surface area contributed by atoms with Gasteiger partial charge in [-0.15, -0.1) is 11.8 Å². The maximum atomic E-state index is 14.3. The zero-order valence-electron chi connectivity index (χ0n) is 40.1. The maximum Gasteiger partial charge on any atom is 0.409 e. The Bertz CT molecular complexity index is 2160. The van der Waals surface area contributed by atoms with Gasteiger partial charge in [0.2, 0.25) is 23.6 Å². The van der Waals surface area contributed by atoms with E-state index in [9.17, 15) is 38.7 Å². The Morgan fingerprint density at radius 1 is 1.09 bits per heavy atom. The molecule has 4 bridgehead atoms. The van der Waals surface area contributed by atoms with E-state index in [1.165, 1.54) is 47.5 Å². The van der Waals surface area contributed by atoms with Crippen LogP contribution in [0.1, 0.15) is 105 Å². The number of rotatable bonds is 12. The number of epoxide rings is 1. The number of alkyl carbamates (subject to hydrolysis) is 1. The number of amides is 5. The van der Waals surface area contributed by atoms with Gasteiger partial charge in [-0.25, -0.2) is 9.59 Å². The van der Waals surface area contributed by atoms with Crippen LogP contribution in [0.5, 0.6) is 5.75 Å².